The molecule has 0 unspecified atom stereocenters. The van der Waals surface area contributed by atoms with E-state index in [0.29, 0.717) is 0 Å². The molecule has 3 aromatic heterocycles. The summed E-state index contributed by atoms with van der Waals surface area (Å²) in [6.07, 6.45) is 9.31. The average molecular weight is 361 g/mol. The Labute approximate surface area is 157 Å². The van der Waals surface area contributed by atoms with E-state index in [1.165, 1.54) is 5.56 Å². The molecule has 0 aliphatic rings. The molecule has 0 saturated heterocycles. The molecule has 4 rings (SSSR count). The van der Waals surface area contributed by atoms with E-state index in [4.69, 9.17) is 0 Å². The fourth-order valence-electron chi connectivity index (χ4n) is 2.88. The summed E-state index contributed by atoms with van der Waals surface area (Å²) in [6, 6.07) is 12.4. The average Bonchev–Trinajstić information content (AvgIpc) is 3.12. The van der Waals surface area contributed by atoms with Gasteiger partial charge in [0.05, 0.1) is 6.20 Å². The van der Waals surface area contributed by atoms with Gasteiger partial charge in [0.2, 0.25) is 0 Å². The van der Waals surface area contributed by atoms with Gasteiger partial charge >= 0.3 is 0 Å². The fraction of sp³-hybridized carbons (Fsp3) is 0.150. The summed E-state index contributed by atoms with van der Waals surface area (Å²) in [5.74, 6) is 0. The minimum Gasteiger partial charge on any atom is -0.265 e. The second-order valence-electron chi connectivity index (χ2n) is 6.08. The zero-order valence-corrected chi connectivity index (χ0v) is 15.3. The lowest BCUT2D eigenvalue weighted by Gasteiger charge is -2.12. The van der Waals surface area contributed by atoms with Crippen LogP contribution < -0.4 is 0 Å². The van der Waals surface area contributed by atoms with Crippen molar-refractivity contribution in [3.05, 3.63) is 72.9 Å². The molecule has 4 aromatic rings. The van der Waals surface area contributed by atoms with Crippen molar-refractivity contribution in [1.82, 2.24) is 23.9 Å². The molecule has 0 bridgehead atoms. The Morgan fingerprint density at radius 3 is 2.46 bits per heavy atom. The van der Waals surface area contributed by atoms with Gasteiger partial charge in [0.15, 0.2) is 5.65 Å². The fourth-order valence-corrected chi connectivity index (χ4v) is 3.05. The second-order valence-corrected chi connectivity index (χ2v) is 6.65. The second kappa shape index (κ2) is 7.27. The first-order valence-corrected chi connectivity index (χ1v) is 8.91. The third kappa shape index (κ3) is 3.34. The first kappa shape index (κ1) is 16.8. The lowest BCUT2D eigenvalue weighted by Crippen LogP contribution is -2.10. The molecule has 3 heterocycles. The Kier molecular flexibility index (Phi) is 4.69. The van der Waals surface area contributed by atoms with Crippen molar-refractivity contribution in [2.24, 2.45) is 0 Å². The van der Waals surface area contributed by atoms with E-state index in [1.54, 1.807) is 12.4 Å². The first-order valence-electron chi connectivity index (χ1n) is 8.51. The number of fused-ring (bicyclic) bond motifs is 1. The molecule has 0 N–H and O–H groups in total. The quantitative estimate of drug-likeness (QED) is 0.543. The van der Waals surface area contributed by atoms with Gasteiger partial charge in [-0.1, -0.05) is 44.0 Å². The van der Waals surface area contributed by atoms with Gasteiger partial charge in [-0.2, -0.15) is 5.10 Å². The van der Waals surface area contributed by atoms with Crippen LogP contribution in [-0.2, 0) is 6.54 Å². The first-order chi connectivity index (χ1) is 12.7. The van der Waals surface area contributed by atoms with Crippen molar-refractivity contribution < 1.29 is 0 Å². The molecule has 6 heteroatoms. The summed E-state index contributed by atoms with van der Waals surface area (Å²) in [4.78, 5) is 8.70. The Hall–Kier alpha value is -2.70. The summed E-state index contributed by atoms with van der Waals surface area (Å²) in [6.45, 7) is 3.82. The van der Waals surface area contributed by atoms with Crippen molar-refractivity contribution in [3.63, 3.8) is 0 Å². The number of pyridine rings is 1. The third-order valence-electron chi connectivity index (χ3n) is 4.37. The molecule has 0 fully saturated rings. The molecular formula is C20H19N5S. The van der Waals surface area contributed by atoms with Gasteiger partial charge in [-0.15, -0.1) is 0 Å². The third-order valence-corrected chi connectivity index (χ3v) is 4.79. The monoisotopic (exact) mass is 361 g/mol. The lowest BCUT2D eigenvalue weighted by molar-refractivity contribution is 0.499. The molecule has 0 spiro atoms. The van der Waals surface area contributed by atoms with E-state index in [-0.39, 0.29) is 0 Å². The predicted octanol–water partition coefficient (Wildman–Crippen LogP) is 4.13. The van der Waals surface area contributed by atoms with Crippen LogP contribution in [-0.4, -0.2) is 30.4 Å². The zero-order valence-electron chi connectivity index (χ0n) is 14.4. The predicted molar refractivity (Wildman–Crippen MR) is 107 cm³/mol. The molecule has 0 amide bonds. The van der Waals surface area contributed by atoms with Crippen LogP contribution in [0, 0.1) is 0 Å². The molecular weight excluding hydrogens is 342 g/mol. The van der Waals surface area contributed by atoms with Crippen LogP contribution in [0.15, 0.2) is 67.4 Å². The van der Waals surface area contributed by atoms with Crippen molar-refractivity contribution in [3.8, 4) is 22.3 Å². The van der Waals surface area contributed by atoms with Crippen molar-refractivity contribution >= 4 is 18.5 Å². The van der Waals surface area contributed by atoms with Gasteiger partial charge in [0, 0.05) is 49.0 Å². The smallest absolute Gasteiger partial charge is 0.162 e. The summed E-state index contributed by atoms with van der Waals surface area (Å²) < 4.78 is 3.80. The van der Waals surface area contributed by atoms with Crippen LogP contribution in [0.5, 0.6) is 0 Å². The highest BCUT2D eigenvalue weighted by atomic mass is 32.1. The van der Waals surface area contributed by atoms with Crippen molar-refractivity contribution in [2.75, 3.05) is 6.54 Å². The van der Waals surface area contributed by atoms with Crippen molar-refractivity contribution in [2.45, 2.75) is 13.5 Å². The van der Waals surface area contributed by atoms with Gasteiger partial charge in [-0.05, 0) is 28.8 Å². The number of hydrogen-bond donors (Lipinski definition) is 1. The van der Waals surface area contributed by atoms with Gasteiger partial charge in [0.25, 0.3) is 0 Å². The zero-order chi connectivity index (χ0) is 17.9. The number of benzene rings is 1. The molecule has 0 aliphatic heterocycles. The summed E-state index contributed by atoms with van der Waals surface area (Å²) >= 11 is 4.42. The number of thiol groups is 1. The maximum Gasteiger partial charge on any atom is 0.162 e. The summed E-state index contributed by atoms with van der Waals surface area (Å²) in [5, 5.41) is 4.47. The van der Waals surface area contributed by atoms with E-state index in [9.17, 15) is 0 Å². The van der Waals surface area contributed by atoms with Gasteiger partial charge in [-0.3, -0.25) is 4.98 Å². The summed E-state index contributed by atoms with van der Waals surface area (Å²) in [5.41, 5.74) is 6.29. The number of hydrogen-bond acceptors (Lipinski definition) is 5. The molecule has 0 atom stereocenters. The van der Waals surface area contributed by atoms with Crippen LogP contribution in [0.25, 0.3) is 27.9 Å². The highest BCUT2D eigenvalue weighted by molar-refractivity contribution is 7.77. The van der Waals surface area contributed by atoms with E-state index < -0.39 is 0 Å². The molecule has 0 saturated carbocycles. The number of rotatable bonds is 5. The number of nitrogens with zero attached hydrogens (tertiary/aromatic N) is 5. The lowest BCUT2D eigenvalue weighted by atomic mass is 10.1. The minimum absolute atomic E-state index is 0.825. The van der Waals surface area contributed by atoms with Gasteiger partial charge < -0.3 is 0 Å². The Morgan fingerprint density at radius 1 is 0.962 bits per heavy atom. The standard InChI is InChI=1S/C20H19N5S/c1-2-24(26)13-15-3-5-16(6-4-15)18-11-22-20-19(12-23-25(20)14-18)17-7-9-21-10-8-17/h3-12,14,26H,2,13H2,1H3. The summed E-state index contributed by atoms with van der Waals surface area (Å²) in [7, 11) is 0. The molecule has 5 nitrogen and oxygen atoms in total. The Morgan fingerprint density at radius 2 is 1.73 bits per heavy atom. The highest BCUT2D eigenvalue weighted by Crippen LogP contribution is 2.25. The number of aromatic nitrogens is 4. The van der Waals surface area contributed by atoms with Gasteiger partial charge in [0.1, 0.15) is 0 Å². The minimum atomic E-state index is 0.825. The van der Waals surface area contributed by atoms with Gasteiger partial charge in [-0.25, -0.2) is 13.8 Å². The highest BCUT2D eigenvalue weighted by Gasteiger charge is 2.09. The van der Waals surface area contributed by atoms with E-state index in [0.717, 1.165) is 41.0 Å². The van der Waals surface area contributed by atoms with E-state index in [2.05, 4.69) is 59.1 Å². The Balaban J connectivity index is 1.64. The molecule has 0 radical (unpaired) electrons. The van der Waals surface area contributed by atoms with Crippen LogP contribution in [0.2, 0.25) is 0 Å². The molecule has 130 valence electrons. The van der Waals surface area contributed by atoms with Crippen molar-refractivity contribution in [1.29, 1.82) is 0 Å². The van der Waals surface area contributed by atoms with Crippen LogP contribution in [0.1, 0.15) is 12.5 Å². The normalized spacial score (nSPS) is 11.3. The topological polar surface area (TPSA) is 46.3 Å². The largest absolute Gasteiger partial charge is 0.265 e. The SMILES string of the molecule is CCN(S)Cc1ccc(-c2cnc3c(-c4ccncc4)cnn3c2)cc1. The maximum absolute atomic E-state index is 4.64. The van der Waals surface area contributed by atoms with E-state index >= 15 is 0 Å². The van der Waals surface area contributed by atoms with Crippen LogP contribution >= 0.6 is 12.8 Å². The Bertz CT molecular complexity index is 1010. The molecule has 26 heavy (non-hydrogen) atoms. The molecule has 1 aromatic carbocycles. The maximum atomic E-state index is 4.64. The van der Waals surface area contributed by atoms with E-state index in [1.807, 2.05) is 39.5 Å². The molecule has 0 aliphatic carbocycles. The van der Waals surface area contributed by atoms with Crippen LogP contribution in [0.4, 0.5) is 0 Å². The van der Waals surface area contributed by atoms with Crippen LogP contribution in [0.3, 0.4) is 0 Å².